The third-order valence-electron chi connectivity index (χ3n) is 6.63. The fraction of sp³-hybridized carbons (Fsp3) is 0.480. The molecule has 2 aromatic rings. The summed E-state index contributed by atoms with van der Waals surface area (Å²) in [5, 5.41) is 7.31. The third kappa shape index (κ3) is 4.62. The molecule has 2 aliphatic heterocycles. The zero-order valence-corrected chi connectivity index (χ0v) is 18.2. The van der Waals surface area contributed by atoms with Crippen molar-refractivity contribution in [3.63, 3.8) is 0 Å². The van der Waals surface area contributed by atoms with Gasteiger partial charge in [0.25, 0.3) is 0 Å². The second kappa shape index (κ2) is 9.52. The van der Waals surface area contributed by atoms with E-state index in [9.17, 15) is 0 Å². The minimum absolute atomic E-state index is 0.0902. The van der Waals surface area contributed by atoms with Gasteiger partial charge < -0.3 is 20.3 Å². The van der Waals surface area contributed by atoms with Gasteiger partial charge >= 0.3 is 0 Å². The molecule has 5 heteroatoms. The van der Waals surface area contributed by atoms with Gasteiger partial charge in [-0.1, -0.05) is 42.5 Å². The van der Waals surface area contributed by atoms with E-state index >= 15 is 0 Å². The van der Waals surface area contributed by atoms with E-state index in [-0.39, 0.29) is 5.41 Å². The Morgan fingerprint density at radius 1 is 1.10 bits per heavy atom. The summed E-state index contributed by atoms with van der Waals surface area (Å²) in [7, 11) is 1.86. The molecule has 2 N–H and O–H groups in total. The maximum absolute atomic E-state index is 5.70. The molecule has 160 valence electrons. The zero-order chi connectivity index (χ0) is 20.8. The maximum atomic E-state index is 5.70. The molecule has 30 heavy (non-hydrogen) atoms. The summed E-state index contributed by atoms with van der Waals surface area (Å²) in [4.78, 5) is 6.97. The van der Waals surface area contributed by atoms with Crippen molar-refractivity contribution in [1.82, 2.24) is 10.6 Å². The number of ether oxygens (including phenoxy) is 1. The van der Waals surface area contributed by atoms with Gasteiger partial charge in [0.15, 0.2) is 5.96 Å². The van der Waals surface area contributed by atoms with E-state index in [1.54, 1.807) is 0 Å². The predicted octanol–water partition coefficient (Wildman–Crippen LogP) is 3.49. The molecule has 0 bridgehead atoms. The summed E-state index contributed by atoms with van der Waals surface area (Å²) in [6, 6.07) is 19.8. The van der Waals surface area contributed by atoms with Crippen LogP contribution >= 0.6 is 0 Å². The summed E-state index contributed by atoms with van der Waals surface area (Å²) in [6.45, 7) is 6.80. The van der Waals surface area contributed by atoms with E-state index in [0.29, 0.717) is 6.04 Å². The highest BCUT2D eigenvalue weighted by Gasteiger charge is 2.36. The lowest BCUT2D eigenvalue weighted by Crippen LogP contribution is -2.50. The first-order valence-corrected chi connectivity index (χ1v) is 11.1. The van der Waals surface area contributed by atoms with Gasteiger partial charge in [0, 0.05) is 57.0 Å². The van der Waals surface area contributed by atoms with Crippen LogP contribution in [0.3, 0.4) is 0 Å². The molecule has 5 nitrogen and oxygen atoms in total. The highest BCUT2D eigenvalue weighted by Crippen LogP contribution is 2.36. The van der Waals surface area contributed by atoms with Crippen LogP contribution in [0.1, 0.15) is 30.4 Å². The maximum Gasteiger partial charge on any atom is 0.191 e. The summed E-state index contributed by atoms with van der Waals surface area (Å²) >= 11 is 0. The van der Waals surface area contributed by atoms with Crippen LogP contribution in [0.15, 0.2) is 59.6 Å². The van der Waals surface area contributed by atoms with E-state index in [1.165, 1.54) is 16.8 Å². The van der Waals surface area contributed by atoms with E-state index in [1.807, 2.05) is 7.05 Å². The van der Waals surface area contributed by atoms with Crippen molar-refractivity contribution in [2.45, 2.75) is 37.6 Å². The molecular weight excluding hydrogens is 372 g/mol. The molecule has 0 aromatic heterocycles. The van der Waals surface area contributed by atoms with Crippen LogP contribution in [0.25, 0.3) is 0 Å². The standard InChI is InChI=1S/C25H34N4O/c1-20-8-6-7-11-23(20)25(13-16-30-17-14-25)19-27-24(26-2)28-21-12-15-29(18-21)22-9-4-3-5-10-22/h3-11,21H,12-19H2,1-2H3,(H2,26,27,28). The Morgan fingerprint density at radius 2 is 1.83 bits per heavy atom. The largest absolute Gasteiger partial charge is 0.381 e. The average Bonchev–Trinajstić information content (AvgIpc) is 3.27. The molecule has 0 aliphatic carbocycles. The van der Waals surface area contributed by atoms with Crippen LogP contribution < -0.4 is 15.5 Å². The van der Waals surface area contributed by atoms with Gasteiger partial charge in [-0.2, -0.15) is 0 Å². The molecule has 2 aromatic carbocycles. The first-order chi connectivity index (χ1) is 14.7. The number of anilines is 1. The van der Waals surface area contributed by atoms with Gasteiger partial charge in [-0.3, -0.25) is 4.99 Å². The molecule has 4 rings (SSSR count). The monoisotopic (exact) mass is 406 g/mol. The average molecular weight is 407 g/mol. The Labute approximate surface area is 180 Å². The van der Waals surface area contributed by atoms with Gasteiger partial charge in [-0.05, 0) is 49.4 Å². The number of benzene rings is 2. The van der Waals surface area contributed by atoms with Crippen LogP contribution in [-0.4, -0.2) is 51.9 Å². The first-order valence-electron chi connectivity index (χ1n) is 11.1. The molecule has 1 atom stereocenters. The lowest BCUT2D eigenvalue weighted by Gasteiger charge is -2.39. The molecule has 2 aliphatic rings. The van der Waals surface area contributed by atoms with Gasteiger partial charge in [0.05, 0.1) is 0 Å². The van der Waals surface area contributed by atoms with Crippen molar-refractivity contribution >= 4 is 11.6 Å². The molecule has 0 amide bonds. The van der Waals surface area contributed by atoms with E-state index < -0.39 is 0 Å². The lowest BCUT2D eigenvalue weighted by molar-refractivity contribution is 0.0511. The number of aliphatic imine (C=N–C) groups is 1. The van der Waals surface area contributed by atoms with Crippen LogP contribution in [0.5, 0.6) is 0 Å². The van der Waals surface area contributed by atoms with E-state index in [4.69, 9.17) is 4.74 Å². The van der Waals surface area contributed by atoms with Crippen LogP contribution in [0.2, 0.25) is 0 Å². The number of guanidine groups is 1. The molecule has 0 spiro atoms. The SMILES string of the molecule is CN=C(NCC1(c2ccccc2C)CCOCC1)NC1CCN(c2ccccc2)C1. The number of hydrogen-bond acceptors (Lipinski definition) is 3. The van der Waals surface area contributed by atoms with Crippen molar-refractivity contribution in [3.05, 3.63) is 65.7 Å². The Morgan fingerprint density at radius 3 is 2.57 bits per heavy atom. The second-order valence-electron chi connectivity index (χ2n) is 8.54. The molecular formula is C25H34N4O. The van der Waals surface area contributed by atoms with Crippen LogP contribution in [0.4, 0.5) is 5.69 Å². The van der Waals surface area contributed by atoms with Gasteiger partial charge in [0.1, 0.15) is 0 Å². The Bertz CT molecular complexity index is 845. The number of hydrogen-bond donors (Lipinski definition) is 2. The quantitative estimate of drug-likeness (QED) is 0.590. The number of nitrogens with one attached hydrogen (secondary N) is 2. The predicted molar refractivity (Wildman–Crippen MR) is 124 cm³/mol. The lowest BCUT2D eigenvalue weighted by atomic mass is 9.72. The van der Waals surface area contributed by atoms with Crippen molar-refractivity contribution in [3.8, 4) is 0 Å². The third-order valence-corrected chi connectivity index (χ3v) is 6.63. The second-order valence-corrected chi connectivity index (χ2v) is 8.54. The topological polar surface area (TPSA) is 48.9 Å². The first kappa shape index (κ1) is 20.7. The highest BCUT2D eigenvalue weighted by atomic mass is 16.5. The molecule has 2 fully saturated rings. The smallest absolute Gasteiger partial charge is 0.191 e. The number of rotatable bonds is 5. The van der Waals surface area contributed by atoms with Crippen molar-refractivity contribution < 1.29 is 4.74 Å². The Balaban J connectivity index is 1.39. The fourth-order valence-corrected chi connectivity index (χ4v) is 4.86. The van der Waals surface area contributed by atoms with Gasteiger partial charge in [-0.15, -0.1) is 0 Å². The molecule has 0 radical (unpaired) electrons. The molecule has 2 heterocycles. The number of aryl methyl sites for hydroxylation is 1. The van der Waals surface area contributed by atoms with Crippen LogP contribution in [-0.2, 0) is 10.2 Å². The van der Waals surface area contributed by atoms with Crippen molar-refractivity contribution in [2.24, 2.45) is 4.99 Å². The minimum Gasteiger partial charge on any atom is -0.381 e. The number of para-hydroxylation sites is 1. The van der Waals surface area contributed by atoms with Crippen molar-refractivity contribution in [2.75, 3.05) is 44.8 Å². The van der Waals surface area contributed by atoms with E-state index in [0.717, 1.165) is 58.1 Å². The molecule has 1 unspecified atom stereocenters. The van der Waals surface area contributed by atoms with Crippen LogP contribution in [0, 0.1) is 6.92 Å². The fourth-order valence-electron chi connectivity index (χ4n) is 4.86. The minimum atomic E-state index is 0.0902. The summed E-state index contributed by atoms with van der Waals surface area (Å²) in [5.41, 5.74) is 4.18. The Hall–Kier alpha value is -2.53. The van der Waals surface area contributed by atoms with Crippen molar-refractivity contribution in [1.29, 1.82) is 0 Å². The van der Waals surface area contributed by atoms with E-state index in [2.05, 4.69) is 82.0 Å². The summed E-state index contributed by atoms with van der Waals surface area (Å²) < 4.78 is 5.70. The van der Waals surface area contributed by atoms with Gasteiger partial charge in [0.2, 0.25) is 0 Å². The molecule has 2 saturated heterocycles. The Kier molecular flexibility index (Phi) is 6.58. The summed E-state index contributed by atoms with van der Waals surface area (Å²) in [5.74, 6) is 0.898. The highest BCUT2D eigenvalue weighted by molar-refractivity contribution is 5.80. The summed E-state index contributed by atoms with van der Waals surface area (Å²) in [6.07, 6.45) is 3.19. The van der Waals surface area contributed by atoms with Gasteiger partial charge in [-0.25, -0.2) is 0 Å². The number of nitrogens with zero attached hydrogens (tertiary/aromatic N) is 2. The molecule has 0 saturated carbocycles. The normalized spacial score (nSPS) is 21.5. The zero-order valence-electron chi connectivity index (χ0n) is 18.2.